The number of amides is 1. The number of benzene rings is 1. The molecule has 1 N–H and O–H groups in total. The highest BCUT2D eigenvalue weighted by atomic mass is 32.2. The average molecular weight is 487 g/mol. The van der Waals surface area contributed by atoms with Gasteiger partial charge in [0.05, 0.1) is 28.2 Å². The highest BCUT2D eigenvalue weighted by Crippen LogP contribution is 2.30. The van der Waals surface area contributed by atoms with Gasteiger partial charge in [-0.2, -0.15) is 9.40 Å². The smallest absolute Gasteiger partial charge is 0.243 e. The van der Waals surface area contributed by atoms with Crippen LogP contribution in [0.1, 0.15) is 64.2 Å². The first-order valence-electron chi connectivity index (χ1n) is 12.1. The predicted molar refractivity (Wildman–Crippen MR) is 132 cm³/mol. The van der Waals surface area contributed by atoms with E-state index in [1.54, 1.807) is 24.4 Å². The van der Waals surface area contributed by atoms with Crippen molar-refractivity contribution in [2.24, 2.45) is 7.05 Å². The monoisotopic (exact) mass is 486 g/mol. The molecular weight excluding hydrogens is 452 g/mol. The Kier molecular flexibility index (Phi) is 7.37. The Bertz CT molecular complexity index is 1250. The van der Waals surface area contributed by atoms with E-state index in [0.717, 1.165) is 30.0 Å². The highest BCUT2D eigenvalue weighted by molar-refractivity contribution is 7.89. The van der Waals surface area contributed by atoms with Crippen LogP contribution < -0.4 is 5.32 Å². The van der Waals surface area contributed by atoms with Crippen LogP contribution in [0.25, 0.3) is 11.0 Å². The molecule has 184 valence electrons. The Balaban J connectivity index is 1.45. The van der Waals surface area contributed by atoms with E-state index < -0.39 is 10.0 Å². The molecule has 9 nitrogen and oxygen atoms in total. The standard InChI is InChI=1S/C24H34N6O3S/c1-4-29(5-2)34(32,33)19-11-12-21-20(17-19)26-22(28(21)3)13-14-24(31)27-23-15-16-25-30(23)18-9-7-6-8-10-18/h11-12,15-18H,4-10,13-14H2,1-3H3,(H,27,31). The second-order valence-electron chi connectivity index (χ2n) is 8.83. The van der Waals surface area contributed by atoms with Crippen molar-refractivity contribution in [2.45, 2.75) is 69.7 Å². The minimum atomic E-state index is -3.55. The fraction of sp³-hybridized carbons (Fsp3) is 0.542. The maximum Gasteiger partial charge on any atom is 0.243 e. The minimum absolute atomic E-state index is 0.0885. The van der Waals surface area contributed by atoms with Crippen molar-refractivity contribution in [3.8, 4) is 0 Å². The Hall–Kier alpha value is -2.72. The molecule has 1 amide bonds. The van der Waals surface area contributed by atoms with E-state index in [0.29, 0.717) is 31.1 Å². The van der Waals surface area contributed by atoms with Crippen LogP contribution in [0.15, 0.2) is 35.4 Å². The van der Waals surface area contributed by atoms with Crippen molar-refractivity contribution in [3.63, 3.8) is 0 Å². The van der Waals surface area contributed by atoms with Crippen molar-refractivity contribution in [3.05, 3.63) is 36.3 Å². The number of imidazole rings is 1. The lowest BCUT2D eigenvalue weighted by Gasteiger charge is -2.23. The van der Waals surface area contributed by atoms with Crippen LogP contribution in [-0.2, 0) is 28.3 Å². The summed E-state index contributed by atoms with van der Waals surface area (Å²) in [4.78, 5) is 17.6. The second-order valence-corrected chi connectivity index (χ2v) is 10.8. The highest BCUT2D eigenvalue weighted by Gasteiger charge is 2.23. The molecule has 3 aromatic rings. The number of carbonyl (C=O) groups excluding carboxylic acids is 1. The number of nitrogens with zero attached hydrogens (tertiary/aromatic N) is 5. The molecule has 0 saturated heterocycles. The number of anilines is 1. The molecule has 34 heavy (non-hydrogen) atoms. The molecule has 0 radical (unpaired) electrons. The van der Waals surface area contributed by atoms with Crippen molar-refractivity contribution < 1.29 is 13.2 Å². The quantitative estimate of drug-likeness (QED) is 0.495. The normalized spacial score (nSPS) is 15.3. The van der Waals surface area contributed by atoms with E-state index in [9.17, 15) is 13.2 Å². The van der Waals surface area contributed by atoms with Gasteiger partial charge in [0.25, 0.3) is 0 Å². The Morgan fingerprint density at radius 3 is 2.59 bits per heavy atom. The Labute approximate surface area is 201 Å². The molecule has 1 aromatic carbocycles. The number of hydrogen-bond acceptors (Lipinski definition) is 5. The minimum Gasteiger partial charge on any atom is -0.331 e. The zero-order valence-electron chi connectivity index (χ0n) is 20.2. The maximum absolute atomic E-state index is 12.9. The summed E-state index contributed by atoms with van der Waals surface area (Å²) in [7, 11) is -1.66. The molecule has 0 aliphatic heterocycles. The lowest BCUT2D eigenvalue weighted by atomic mass is 9.96. The maximum atomic E-state index is 12.9. The number of nitrogens with one attached hydrogen (secondary N) is 1. The molecule has 0 atom stereocenters. The third kappa shape index (κ3) is 4.88. The molecular formula is C24H34N6O3S. The zero-order chi connectivity index (χ0) is 24.3. The van der Waals surface area contributed by atoms with Gasteiger partial charge in [-0.15, -0.1) is 0 Å². The van der Waals surface area contributed by atoms with Gasteiger partial charge in [-0.3, -0.25) is 4.79 Å². The van der Waals surface area contributed by atoms with Gasteiger partial charge in [0, 0.05) is 39.0 Å². The largest absolute Gasteiger partial charge is 0.331 e. The first-order chi connectivity index (χ1) is 16.3. The first-order valence-corrected chi connectivity index (χ1v) is 13.6. The second kappa shape index (κ2) is 10.3. The summed E-state index contributed by atoms with van der Waals surface area (Å²) in [6.45, 7) is 4.48. The number of carbonyl (C=O) groups is 1. The molecule has 4 rings (SSSR count). The van der Waals surface area contributed by atoms with Gasteiger partial charge in [0.15, 0.2) is 0 Å². The summed E-state index contributed by atoms with van der Waals surface area (Å²) < 4.78 is 31.0. The average Bonchev–Trinajstić information content (AvgIpc) is 3.42. The number of aryl methyl sites for hydroxylation is 2. The van der Waals surface area contributed by atoms with Gasteiger partial charge in [-0.25, -0.2) is 18.1 Å². The molecule has 0 unspecified atom stereocenters. The van der Waals surface area contributed by atoms with Crippen LogP contribution in [0.2, 0.25) is 0 Å². The summed E-state index contributed by atoms with van der Waals surface area (Å²) in [6, 6.07) is 7.22. The van der Waals surface area contributed by atoms with E-state index in [1.165, 1.54) is 23.6 Å². The number of hydrogen-bond donors (Lipinski definition) is 1. The van der Waals surface area contributed by atoms with E-state index in [-0.39, 0.29) is 17.2 Å². The lowest BCUT2D eigenvalue weighted by molar-refractivity contribution is -0.116. The molecule has 1 saturated carbocycles. The van der Waals surface area contributed by atoms with Crippen LogP contribution >= 0.6 is 0 Å². The van der Waals surface area contributed by atoms with Crippen molar-refractivity contribution in [1.82, 2.24) is 23.6 Å². The van der Waals surface area contributed by atoms with Crippen LogP contribution in [0.3, 0.4) is 0 Å². The summed E-state index contributed by atoms with van der Waals surface area (Å²) >= 11 is 0. The molecule has 1 aliphatic carbocycles. The molecule has 10 heteroatoms. The first kappa shape index (κ1) is 24.4. The Morgan fingerprint density at radius 1 is 1.15 bits per heavy atom. The SMILES string of the molecule is CCN(CC)S(=O)(=O)c1ccc2c(c1)nc(CCC(=O)Nc1ccnn1C1CCCCC1)n2C. The van der Waals surface area contributed by atoms with Gasteiger partial charge in [-0.1, -0.05) is 33.1 Å². The molecule has 0 spiro atoms. The van der Waals surface area contributed by atoms with Gasteiger partial charge in [-0.05, 0) is 31.0 Å². The van der Waals surface area contributed by atoms with Crippen LogP contribution in [0.5, 0.6) is 0 Å². The summed E-state index contributed by atoms with van der Waals surface area (Å²) in [5, 5.41) is 7.44. The summed E-state index contributed by atoms with van der Waals surface area (Å²) in [5.74, 6) is 1.39. The van der Waals surface area contributed by atoms with Gasteiger partial charge in [0.1, 0.15) is 11.6 Å². The molecule has 1 aliphatic rings. The Morgan fingerprint density at radius 2 is 1.88 bits per heavy atom. The van der Waals surface area contributed by atoms with Gasteiger partial charge in [0.2, 0.25) is 15.9 Å². The van der Waals surface area contributed by atoms with E-state index in [1.807, 2.05) is 36.2 Å². The summed E-state index contributed by atoms with van der Waals surface area (Å²) in [5.41, 5.74) is 1.45. The number of aromatic nitrogens is 4. The fourth-order valence-corrected chi connectivity index (χ4v) is 6.27. The summed E-state index contributed by atoms with van der Waals surface area (Å²) in [6.07, 6.45) is 8.31. The zero-order valence-corrected chi connectivity index (χ0v) is 21.0. The third-order valence-electron chi connectivity index (χ3n) is 6.72. The molecule has 2 heterocycles. The van der Waals surface area contributed by atoms with Crippen LogP contribution in [0, 0.1) is 0 Å². The third-order valence-corrected chi connectivity index (χ3v) is 8.77. The lowest BCUT2D eigenvalue weighted by Crippen LogP contribution is -2.30. The van der Waals surface area contributed by atoms with E-state index >= 15 is 0 Å². The number of fused-ring (bicyclic) bond motifs is 1. The predicted octanol–water partition coefficient (Wildman–Crippen LogP) is 3.88. The number of rotatable bonds is 9. The van der Waals surface area contributed by atoms with Crippen molar-refractivity contribution in [1.29, 1.82) is 0 Å². The molecule has 0 bridgehead atoms. The van der Waals surface area contributed by atoms with Crippen LogP contribution in [-0.4, -0.2) is 51.1 Å². The topological polar surface area (TPSA) is 102 Å². The van der Waals surface area contributed by atoms with Gasteiger partial charge < -0.3 is 9.88 Å². The van der Waals surface area contributed by atoms with Crippen molar-refractivity contribution >= 4 is 32.8 Å². The fourth-order valence-electron chi connectivity index (χ4n) is 4.79. The van der Waals surface area contributed by atoms with Crippen LogP contribution in [0.4, 0.5) is 5.82 Å². The van der Waals surface area contributed by atoms with E-state index in [2.05, 4.69) is 15.4 Å². The van der Waals surface area contributed by atoms with Gasteiger partial charge >= 0.3 is 0 Å². The van der Waals surface area contributed by atoms with Crippen molar-refractivity contribution in [2.75, 3.05) is 18.4 Å². The van der Waals surface area contributed by atoms with E-state index in [4.69, 9.17) is 0 Å². The number of sulfonamides is 1. The molecule has 2 aromatic heterocycles. The molecule has 1 fully saturated rings.